The number of rotatable bonds is 8. The van der Waals surface area contributed by atoms with E-state index in [0.29, 0.717) is 39.8 Å². The van der Waals surface area contributed by atoms with Gasteiger partial charge in [0.1, 0.15) is 29.6 Å². The van der Waals surface area contributed by atoms with Gasteiger partial charge in [0.15, 0.2) is 5.11 Å². The van der Waals surface area contributed by atoms with Crippen LogP contribution < -0.4 is 24.4 Å². The van der Waals surface area contributed by atoms with Gasteiger partial charge in [-0.05, 0) is 54.2 Å². The van der Waals surface area contributed by atoms with Crippen molar-refractivity contribution in [2.75, 3.05) is 19.1 Å². The number of halogens is 1. The molecule has 1 aliphatic rings. The molecule has 0 radical (unpaired) electrons. The van der Waals surface area contributed by atoms with Gasteiger partial charge in [0.05, 0.1) is 29.9 Å². The normalized spacial score (nSPS) is 14.1. The van der Waals surface area contributed by atoms with Crippen molar-refractivity contribution >= 4 is 52.3 Å². The Bertz CT molecular complexity index is 1390. The SMILES string of the molecule is COc1ccc(/C=C2/NC(=S)N(c3ccccc3OC)C2=O)cc1COc1ccc([N+](=O)[O-])cc1Cl. The van der Waals surface area contributed by atoms with E-state index < -0.39 is 4.92 Å². The smallest absolute Gasteiger partial charge is 0.281 e. The summed E-state index contributed by atoms with van der Waals surface area (Å²) < 4.78 is 16.6. The molecule has 9 nitrogen and oxygen atoms in total. The van der Waals surface area contributed by atoms with Crippen molar-refractivity contribution in [1.82, 2.24) is 5.32 Å². The third-order valence-corrected chi connectivity index (χ3v) is 5.91. The summed E-state index contributed by atoms with van der Waals surface area (Å²) in [6.07, 6.45) is 1.67. The number of nitro groups is 1. The number of thiocarbonyl (C=S) groups is 1. The van der Waals surface area contributed by atoms with Crippen LogP contribution >= 0.6 is 23.8 Å². The number of carbonyl (C=O) groups is 1. The van der Waals surface area contributed by atoms with Crippen molar-refractivity contribution in [3.8, 4) is 17.2 Å². The van der Waals surface area contributed by atoms with Crippen molar-refractivity contribution in [2.24, 2.45) is 0 Å². The summed E-state index contributed by atoms with van der Waals surface area (Å²) in [6, 6.07) is 16.4. The Morgan fingerprint density at radius 2 is 1.78 bits per heavy atom. The number of para-hydroxylation sites is 2. The Morgan fingerprint density at radius 1 is 1.06 bits per heavy atom. The molecule has 1 N–H and O–H groups in total. The topological polar surface area (TPSA) is 103 Å². The second-order valence-corrected chi connectivity index (χ2v) is 8.33. The molecule has 0 aromatic heterocycles. The largest absolute Gasteiger partial charge is 0.496 e. The fourth-order valence-corrected chi connectivity index (χ4v) is 4.13. The number of anilines is 1. The highest BCUT2D eigenvalue weighted by Gasteiger charge is 2.33. The predicted molar refractivity (Wildman–Crippen MR) is 140 cm³/mol. The lowest BCUT2D eigenvalue weighted by Gasteiger charge is -2.17. The van der Waals surface area contributed by atoms with Crippen LogP contribution in [-0.4, -0.2) is 30.2 Å². The fourth-order valence-electron chi connectivity index (χ4n) is 3.61. The van der Waals surface area contributed by atoms with Gasteiger partial charge < -0.3 is 19.5 Å². The number of nitrogens with zero attached hydrogens (tertiary/aromatic N) is 2. The first kappa shape index (κ1) is 25.0. The Morgan fingerprint density at radius 3 is 2.47 bits per heavy atom. The number of ether oxygens (including phenoxy) is 3. The summed E-state index contributed by atoms with van der Waals surface area (Å²) in [7, 11) is 3.05. The van der Waals surface area contributed by atoms with Gasteiger partial charge in [0.2, 0.25) is 0 Å². The highest BCUT2D eigenvalue weighted by Crippen LogP contribution is 2.33. The molecule has 4 rings (SSSR count). The molecule has 0 saturated carbocycles. The van der Waals surface area contributed by atoms with Crippen LogP contribution in [0.4, 0.5) is 11.4 Å². The summed E-state index contributed by atoms with van der Waals surface area (Å²) in [5.74, 6) is 1.05. The van der Waals surface area contributed by atoms with Crippen molar-refractivity contribution in [1.29, 1.82) is 0 Å². The third kappa shape index (κ3) is 5.09. The van der Waals surface area contributed by atoms with E-state index in [1.54, 1.807) is 48.5 Å². The van der Waals surface area contributed by atoms with Crippen molar-refractivity contribution in [3.63, 3.8) is 0 Å². The molecule has 3 aromatic rings. The molecule has 11 heteroatoms. The average molecular weight is 526 g/mol. The molecule has 184 valence electrons. The van der Waals surface area contributed by atoms with E-state index in [9.17, 15) is 14.9 Å². The van der Waals surface area contributed by atoms with Crippen LogP contribution in [0, 0.1) is 10.1 Å². The number of carbonyl (C=O) groups excluding carboxylic acids is 1. The molecule has 36 heavy (non-hydrogen) atoms. The molecule has 1 aliphatic heterocycles. The van der Waals surface area contributed by atoms with Crippen LogP contribution in [0.15, 0.2) is 66.4 Å². The Labute approximate surface area is 217 Å². The highest BCUT2D eigenvalue weighted by atomic mass is 35.5. The van der Waals surface area contributed by atoms with Gasteiger partial charge in [-0.25, -0.2) is 4.90 Å². The van der Waals surface area contributed by atoms with E-state index in [0.717, 1.165) is 0 Å². The standard InChI is InChI=1S/C25H20ClN3O6S/c1-33-21-9-7-15(11-16(21)14-35-22-10-8-17(29(31)32)13-18(22)26)12-19-24(30)28(25(36)27-19)20-5-3-4-6-23(20)34-2/h3-13H,14H2,1-2H3,(H,27,36)/b19-12+. The zero-order valence-electron chi connectivity index (χ0n) is 19.2. The summed E-state index contributed by atoms with van der Waals surface area (Å²) in [5, 5.41) is 14.2. The molecule has 1 saturated heterocycles. The number of methoxy groups -OCH3 is 2. The van der Waals surface area contributed by atoms with Crippen LogP contribution in [0.1, 0.15) is 11.1 Å². The van der Waals surface area contributed by atoms with Gasteiger partial charge in [-0.3, -0.25) is 14.9 Å². The number of nitrogens with one attached hydrogen (secondary N) is 1. The maximum atomic E-state index is 13.2. The first-order valence-corrected chi connectivity index (χ1v) is 11.3. The number of hydrogen-bond acceptors (Lipinski definition) is 7. The lowest BCUT2D eigenvalue weighted by atomic mass is 10.1. The van der Waals surface area contributed by atoms with E-state index in [4.69, 9.17) is 38.0 Å². The lowest BCUT2D eigenvalue weighted by Crippen LogP contribution is -2.30. The molecule has 0 unspecified atom stereocenters. The number of amides is 1. The monoisotopic (exact) mass is 525 g/mol. The molecule has 1 fully saturated rings. The highest BCUT2D eigenvalue weighted by molar-refractivity contribution is 7.80. The van der Waals surface area contributed by atoms with Gasteiger partial charge in [-0.1, -0.05) is 29.8 Å². The van der Waals surface area contributed by atoms with Crippen LogP contribution in [0.25, 0.3) is 6.08 Å². The minimum absolute atomic E-state index is 0.0742. The molecule has 1 amide bonds. The molecule has 0 aliphatic carbocycles. The Balaban J connectivity index is 1.58. The van der Waals surface area contributed by atoms with Crippen molar-refractivity contribution in [3.05, 3.63) is 92.6 Å². The zero-order chi connectivity index (χ0) is 25.8. The second kappa shape index (κ2) is 10.6. The van der Waals surface area contributed by atoms with Gasteiger partial charge in [-0.2, -0.15) is 0 Å². The van der Waals surface area contributed by atoms with Gasteiger partial charge in [0.25, 0.3) is 11.6 Å². The van der Waals surface area contributed by atoms with Crippen molar-refractivity contribution in [2.45, 2.75) is 6.61 Å². The average Bonchev–Trinajstić information content (AvgIpc) is 3.15. The van der Waals surface area contributed by atoms with E-state index in [1.807, 2.05) is 0 Å². The predicted octanol–water partition coefficient (Wildman–Crippen LogP) is 5.11. The number of non-ortho nitro benzene ring substituents is 1. The maximum absolute atomic E-state index is 13.2. The summed E-state index contributed by atoms with van der Waals surface area (Å²) in [4.78, 5) is 24.9. The summed E-state index contributed by atoms with van der Waals surface area (Å²) in [5.41, 5.74) is 2.07. The molecule has 0 spiro atoms. The fraction of sp³-hybridized carbons (Fsp3) is 0.120. The quantitative estimate of drug-likeness (QED) is 0.187. The van der Waals surface area contributed by atoms with Gasteiger partial charge in [-0.15, -0.1) is 0 Å². The van der Waals surface area contributed by atoms with Crippen LogP contribution in [0.5, 0.6) is 17.2 Å². The van der Waals surface area contributed by atoms with Crippen LogP contribution in [-0.2, 0) is 11.4 Å². The minimum Gasteiger partial charge on any atom is -0.496 e. The number of nitro benzene ring substituents is 1. The Hall–Kier alpha value is -4.15. The molecule has 1 heterocycles. The van der Waals surface area contributed by atoms with E-state index in [2.05, 4.69) is 5.32 Å². The van der Waals surface area contributed by atoms with Crippen LogP contribution in [0.3, 0.4) is 0 Å². The maximum Gasteiger partial charge on any atom is 0.281 e. The van der Waals surface area contributed by atoms with E-state index in [-0.39, 0.29) is 28.3 Å². The minimum atomic E-state index is -0.533. The lowest BCUT2D eigenvalue weighted by molar-refractivity contribution is -0.384. The van der Waals surface area contributed by atoms with E-state index >= 15 is 0 Å². The summed E-state index contributed by atoms with van der Waals surface area (Å²) >= 11 is 11.5. The van der Waals surface area contributed by atoms with Crippen molar-refractivity contribution < 1.29 is 23.9 Å². The Kier molecular flexibility index (Phi) is 7.37. The second-order valence-electron chi connectivity index (χ2n) is 7.53. The molecule has 0 bridgehead atoms. The first-order chi connectivity index (χ1) is 17.3. The molecule has 3 aromatic carbocycles. The number of hydrogen-bond donors (Lipinski definition) is 1. The molecule has 0 atom stereocenters. The summed E-state index contributed by atoms with van der Waals surface area (Å²) in [6.45, 7) is 0.0742. The molecular formula is C25H20ClN3O6S. The third-order valence-electron chi connectivity index (χ3n) is 5.33. The zero-order valence-corrected chi connectivity index (χ0v) is 20.8. The van der Waals surface area contributed by atoms with Gasteiger partial charge >= 0.3 is 0 Å². The first-order valence-electron chi connectivity index (χ1n) is 10.6. The van der Waals surface area contributed by atoms with E-state index in [1.165, 1.54) is 37.3 Å². The molecular weight excluding hydrogens is 506 g/mol. The number of benzene rings is 3. The van der Waals surface area contributed by atoms with Gasteiger partial charge in [0, 0.05) is 17.7 Å². The van der Waals surface area contributed by atoms with Crippen LogP contribution in [0.2, 0.25) is 5.02 Å².